The Morgan fingerprint density at radius 2 is 2.03 bits per heavy atom. The molecule has 2 heterocycles. The highest BCUT2D eigenvalue weighted by Gasteiger charge is 2.16. The third-order valence-electron chi connectivity index (χ3n) is 4.67. The number of allylic oxidation sites excluding steroid dienone is 1. The fourth-order valence-corrected chi connectivity index (χ4v) is 4.93. The molecule has 1 N–H and O–H groups in total. The van der Waals surface area contributed by atoms with E-state index < -0.39 is 0 Å². The third kappa shape index (κ3) is 4.97. The van der Waals surface area contributed by atoms with E-state index in [0.29, 0.717) is 21.9 Å². The average molecular weight is 428 g/mol. The number of thiophene rings is 1. The topological polar surface area (TPSA) is 64.0 Å². The van der Waals surface area contributed by atoms with Crippen molar-refractivity contribution in [1.82, 2.24) is 14.9 Å². The Balaban J connectivity index is 1.91. The van der Waals surface area contributed by atoms with Gasteiger partial charge in [-0.05, 0) is 24.5 Å². The zero-order valence-electron chi connectivity index (χ0n) is 16.7. The molecule has 5 nitrogen and oxygen atoms in total. The summed E-state index contributed by atoms with van der Waals surface area (Å²) in [5, 5.41) is 4.17. The van der Waals surface area contributed by atoms with Gasteiger partial charge in [-0.25, -0.2) is 4.98 Å². The molecule has 0 saturated heterocycles. The van der Waals surface area contributed by atoms with E-state index in [1.807, 2.05) is 36.4 Å². The number of carbonyl (C=O) groups excluding carboxylic acids is 1. The van der Waals surface area contributed by atoms with Crippen LogP contribution in [-0.2, 0) is 11.3 Å². The summed E-state index contributed by atoms with van der Waals surface area (Å²) in [6.07, 6.45) is 3.47. The van der Waals surface area contributed by atoms with Gasteiger partial charge in [0.1, 0.15) is 4.83 Å². The van der Waals surface area contributed by atoms with Crippen molar-refractivity contribution >= 4 is 39.2 Å². The molecule has 0 fully saturated rings. The van der Waals surface area contributed by atoms with E-state index in [1.54, 1.807) is 10.6 Å². The van der Waals surface area contributed by atoms with Gasteiger partial charge < -0.3 is 5.32 Å². The molecule has 0 saturated carbocycles. The molecule has 7 heteroatoms. The van der Waals surface area contributed by atoms with Gasteiger partial charge in [-0.1, -0.05) is 62.0 Å². The van der Waals surface area contributed by atoms with Gasteiger partial charge >= 0.3 is 0 Å². The van der Waals surface area contributed by atoms with Crippen LogP contribution in [-0.4, -0.2) is 27.3 Å². The van der Waals surface area contributed by atoms with Crippen molar-refractivity contribution in [3.63, 3.8) is 0 Å². The summed E-state index contributed by atoms with van der Waals surface area (Å²) in [6, 6.07) is 12.0. The molecule has 0 radical (unpaired) electrons. The van der Waals surface area contributed by atoms with Crippen molar-refractivity contribution < 1.29 is 4.79 Å². The predicted molar refractivity (Wildman–Crippen MR) is 123 cm³/mol. The molecular formula is C22H25N3O2S2. The van der Waals surface area contributed by atoms with Gasteiger partial charge in [0.2, 0.25) is 5.91 Å². The molecule has 3 rings (SSSR count). The van der Waals surface area contributed by atoms with Crippen molar-refractivity contribution in [3.05, 3.63) is 59.4 Å². The van der Waals surface area contributed by atoms with Crippen LogP contribution in [0.2, 0.25) is 0 Å². The van der Waals surface area contributed by atoms with E-state index in [1.165, 1.54) is 23.1 Å². The molecule has 29 heavy (non-hydrogen) atoms. The van der Waals surface area contributed by atoms with Gasteiger partial charge in [0.25, 0.3) is 5.56 Å². The first-order valence-electron chi connectivity index (χ1n) is 9.70. The Morgan fingerprint density at radius 1 is 1.31 bits per heavy atom. The lowest BCUT2D eigenvalue weighted by Gasteiger charge is -2.15. The van der Waals surface area contributed by atoms with Crippen molar-refractivity contribution in [3.8, 4) is 10.4 Å². The molecule has 0 bridgehead atoms. The van der Waals surface area contributed by atoms with E-state index in [4.69, 9.17) is 4.98 Å². The van der Waals surface area contributed by atoms with E-state index in [2.05, 4.69) is 25.7 Å². The second-order valence-electron chi connectivity index (χ2n) is 6.66. The van der Waals surface area contributed by atoms with Crippen molar-refractivity contribution in [2.75, 3.05) is 5.75 Å². The maximum absolute atomic E-state index is 13.1. The molecule has 0 unspecified atom stereocenters. The van der Waals surface area contributed by atoms with Crippen LogP contribution in [0.25, 0.3) is 20.7 Å². The first kappa shape index (κ1) is 21.3. The molecule has 1 amide bonds. The number of benzene rings is 1. The SMILES string of the molecule is C=CCn1c(SCC(=O)NC(CC)CC)nc2sc(-c3ccccc3)cc2c1=O. The molecule has 2 aromatic heterocycles. The molecule has 1 aromatic carbocycles. The number of nitrogens with one attached hydrogen (secondary N) is 1. The van der Waals surface area contributed by atoms with Crippen molar-refractivity contribution in [2.24, 2.45) is 0 Å². The highest BCUT2D eigenvalue weighted by molar-refractivity contribution is 7.99. The quantitative estimate of drug-likeness (QED) is 0.305. The largest absolute Gasteiger partial charge is 0.353 e. The number of fused-ring (bicyclic) bond motifs is 1. The van der Waals surface area contributed by atoms with Gasteiger partial charge in [0.05, 0.1) is 11.1 Å². The van der Waals surface area contributed by atoms with Crippen LogP contribution in [0.15, 0.2) is 59.0 Å². The first-order valence-corrected chi connectivity index (χ1v) is 11.5. The predicted octanol–water partition coefficient (Wildman–Crippen LogP) is 4.71. The summed E-state index contributed by atoms with van der Waals surface area (Å²) >= 11 is 2.78. The molecule has 0 aliphatic rings. The maximum atomic E-state index is 13.1. The number of nitrogens with zero attached hydrogens (tertiary/aromatic N) is 2. The monoisotopic (exact) mass is 427 g/mol. The lowest BCUT2D eigenvalue weighted by molar-refractivity contribution is -0.119. The zero-order chi connectivity index (χ0) is 20.8. The van der Waals surface area contributed by atoms with Crippen LogP contribution in [0.4, 0.5) is 0 Å². The van der Waals surface area contributed by atoms with Gasteiger partial charge in [0, 0.05) is 17.5 Å². The first-order chi connectivity index (χ1) is 14.1. The summed E-state index contributed by atoms with van der Waals surface area (Å²) in [5.41, 5.74) is 0.958. The van der Waals surface area contributed by atoms with Gasteiger partial charge in [-0.3, -0.25) is 14.2 Å². The lowest BCUT2D eigenvalue weighted by atomic mass is 10.2. The molecule has 3 aromatic rings. The standard InChI is InChI=1S/C22H25N3O2S2/c1-4-12-25-21(27)17-13-18(15-10-8-7-9-11-15)29-20(17)24-22(25)28-14-19(26)23-16(5-2)6-3/h4,7-11,13,16H,1,5-6,12,14H2,2-3H3,(H,23,26). The van der Waals surface area contributed by atoms with Crippen LogP contribution in [0.3, 0.4) is 0 Å². The summed E-state index contributed by atoms with van der Waals surface area (Å²) in [4.78, 5) is 31.8. The molecule has 152 valence electrons. The number of rotatable bonds is 9. The Morgan fingerprint density at radius 3 is 2.69 bits per heavy atom. The van der Waals surface area contributed by atoms with Crippen LogP contribution in [0.5, 0.6) is 0 Å². The fourth-order valence-electron chi connectivity index (χ4n) is 3.03. The Bertz CT molecular complexity index is 1050. The van der Waals surface area contributed by atoms with Crippen molar-refractivity contribution in [1.29, 1.82) is 0 Å². The second-order valence-corrected chi connectivity index (χ2v) is 8.64. The van der Waals surface area contributed by atoms with Crippen LogP contribution < -0.4 is 10.9 Å². The zero-order valence-corrected chi connectivity index (χ0v) is 18.3. The molecule has 0 aliphatic carbocycles. The normalized spacial score (nSPS) is 11.1. The van der Waals surface area contributed by atoms with Gasteiger partial charge in [-0.2, -0.15) is 0 Å². The lowest BCUT2D eigenvalue weighted by Crippen LogP contribution is -2.35. The Hall–Kier alpha value is -2.38. The maximum Gasteiger partial charge on any atom is 0.263 e. The number of carbonyl (C=O) groups is 1. The highest BCUT2D eigenvalue weighted by atomic mass is 32.2. The van der Waals surface area contributed by atoms with Crippen molar-refractivity contribution in [2.45, 2.75) is 44.4 Å². The third-order valence-corrected chi connectivity index (χ3v) is 6.72. The minimum atomic E-state index is -0.101. The highest BCUT2D eigenvalue weighted by Crippen LogP contribution is 2.32. The molecule has 0 aliphatic heterocycles. The average Bonchev–Trinajstić information content (AvgIpc) is 3.18. The van der Waals surface area contributed by atoms with Gasteiger partial charge in [-0.15, -0.1) is 17.9 Å². The second kappa shape index (κ2) is 9.89. The Kier molecular flexibility index (Phi) is 7.28. The summed E-state index contributed by atoms with van der Waals surface area (Å²) in [5.74, 6) is 0.182. The number of aromatic nitrogens is 2. The molecular weight excluding hydrogens is 402 g/mol. The van der Waals surface area contributed by atoms with E-state index in [-0.39, 0.29) is 23.3 Å². The van der Waals surface area contributed by atoms with Gasteiger partial charge in [0.15, 0.2) is 5.16 Å². The summed E-state index contributed by atoms with van der Waals surface area (Å²) in [6.45, 7) is 8.22. The summed E-state index contributed by atoms with van der Waals surface area (Å²) < 4.78 is 1.59. The summed E-state index contributed by atoms with van der Waals surface area (Å²) in [7, 11) is 0. The van der Waals surface area contributed by atoms with E-state index >= 15 is 0 Å². The number of hydrogen-bond acceptors (Lipinski definition) is 5. The van der Waals surface area contributed by atoms with Crippen LogP contribution >= 0.6 is 23.1 Å². The van der Waals surface area contributed by atoms with E-state index in [9.17, 15) is 9.59 Å². The minimum Gasteiger partial charge on any atom is -0.353 e. The Labute approximate surface area is 178 Å². The number of thioether (sulfide) groups is 1. The fraction of sp³-hybridized carbons (Fsp3) is 0.318. The number of hydrogen-bond donors (Lipinski definition) is 1. The smallest absolute Gasteiger partial charge is 0.263 e. The number of amides is 1. The molecule has 0 atom stereocenters. The van der Waals surface area contributed by atoms with Crippen LogP contribution in [0, 0.1) is 0 Å². The molecule has 0 spiro atoms. The minimum absolute atomic E-state index is 0.0423. The van der Waals surface area contributed by atoms with Crippen LogP contribution in [0.1, 0.15) is 26.7 Å². The van der Waals surface area contributed by atoms with E-state index in [0.717, 1.165) is 23.3 Å².